The first-order valence-corrected chi connectivity index (χ1v) is 9.30. The van der Waals surface area contributed by atoms with Crippen LogP contribution in [-0.2, 0) is 10.0 Å². The van der Waals surface area contributed by atoms with Gasteiger partial charge in [0.25, 0.3) is 10.0 Å². The van der Waals surface area contributed by atoms with Crippen molar-refractivity contribution in [2.45, 2.75) is 4.90 Å². The van der Waals surface area contributed by atoms with Crippen LogP contribution in [-0.4, -0.2) is 17.4 Å². The van der Waals surface area contributed by atoms with Gasteiger partial charge in [-0.2, -0.15) is 0 Å². The summed E-state index contributed by atoms with van der Waals surface area (Å²) in [5.41, 5.74) is 0.829. The molecule has 4 aromatic rings. The monoisotopic (exact) mass is 340 g/mol. The number of aromatic nitrogens is 2. The fourth-order valence-corrected chi connectivity index (χ4v) is 4.79. The Labute approximate surface area is 137 Å². The summed E-state index contributed by atoms with van der Waals surface area (Å²) in [4.78, 5) is 4.54. The highest BCUT2D eigenvalue weighted by atomic mass is 32.2. The average molecular weight is 340 g/mol. The highest BCUT2D eigenvalue weighted by Crippen LogP contribution is 2.34. The van der Waals surface area contributed by atoms with Gasteiger partial charge in [0.2, 0.25) is 0 Å². The molecule has 0 saturated heterocycles. The predicted octanol–water partition coefficient (Wildman–Crippen LogP) is 4.00. The van der Waals surface area contributed by atoms with E-state index in [1.807, 2.05) is 29.6 Å². The minimum atomic E-state index is -3.66. The van der Waals surface area contributed by atoms with Crippen LogP contribution >= 0.6 is 11.3 Å². The van der Waals surface area contributed by atoms with Crippen LogP contribution in [0.1, 0.15) is 0 Å². The molecule has 0 saturated carbocycles. The lowest BCUT2D eigenvalue weighted by Gasteiger charge is -2.08. The second-order valence-electron chi connectivity index (χ2n) is 5.01. The maximum atomic E-state index is 12.9. The van der Waals surface area contributed by atoms with Crippen molar-refractivity contribution in [1.29, 1.82) is 0 Å². The lowest BCUT2D eigenvalue weighted by Crippen LogP contribution is -2.13. The van der Waals surface area contributed by atoms with E-state index in [0.29, 0.717) is 5.82 Å². The van der Waals surface area contributed by atoms with Gasteiger partial charge in [-0.1, -0.05) is 36.4 Å². The number of hydrogen-bond donors (Lipinski definition) is 0. The minimum Gasteiger partial charge on any atom is -0.236 e. The Morgan fingerprint density at radius 2 is 1.70 bits per heavy atom. The fraction of sp³-hybridized carbons (Fsp3) is 0. The lowest BCUT2D eigenvalue weighted by molar-refractivity contribution is 0.588. The first kappa shape index (κ1) is 14.2. The number of thiophene rings is 1. The third-order valence-electron chi connectivity index (χ3n) is 3.63. The topological polar surface area (TPSA) is 52.0 Å². The van der Waals surface area contributed by atoms with Crippen molar-refractivity contribution < 1.29 is 8.42 Å². The van der Waals surface area contributed by atoms with Gasteiger partial charge in [-0.15, -0.1) is 11.3 Å². The van der Waals surface area contributed by atoms with Gasteiger partial charge < -0.3 is 0 Å². The highest BCUT2D eigenvalue weighted by Gasteiger charge is 2.22. The molecule has 0 unspecified atom stereocenters. The Morgan fingerprint density at radius 1 is 0.957 bits per heavy atom. The van der Waals surface area contributed by atoms with Crippen molar-refractivity contribution in [3.63, 3.8) is 0 Å². The molecule has 114 valence electrons. The molecule has 2 aromatic heterocycles. The van der Waals surface area contributed by atoms with E-state index in [-0.39, 0.29) is 4.90 Å². The van der Waals surface area contributed by atoms with Crippen LogP contribution in [0.3, 0.4) is 0 Å². The van der Waals surface area contributed by atoms with Gasteiger partial charge in [0.1, 0.15) is 0 Å². The van der Waals surface area contributed by atoms with Gasteiger partial charge in [0.15, 0.2) is 5.82 Å². The Hall–Kier alpha value is -2.44. The number of benzene rings is 2. The van der Waals surface area contributed by atoms with Crippen molar-refractivity contribution in [1.82, 2.24) is 8.96 Å². The molecular weight excluding hydrogens is 328 g/mol. The van der Waals surface area contributed by atoms with Crippen molar-refractivity contribution in [3.8, 4) is 11.4 Å². The van der Waals surface area contributed by atoms with Gasteiger partial charge in [-0.05, 0) is 18.2 Å². The molecule has 23 heavy (non-hydrogen) atoms. The molecule has 0 amide bonds. The number of hydrogen-bond acceptors (Lipinski definition) is 4. The van der Waals surface area contributed by atoms with E-state index >= 15 is 0 Å². The molecule has 0 spiro atoms. The zero-order valence-corrected chi connectivity index (χ0v) is 13.6. The van der Waals surface area contributed by atoms with Crippen LogP contribution in [0.2, 0.25) is 0 Å². The molecule has 6 heteroatoms. The molecule has 2 aromatic carbocycles. The Morgan fingerprint density at radius 3 is 2.52 bits per heavy atom. The Kier molecular flexibility index (Phi) is 3.28. The van der Waals surface area contributed by atoms with Crippen LogP contribution in [0.15, 0.2) is 77.3 Å². The van der Waals surface area contributed by atoms with E-state index in [4.69, 9.17) is 0 Å². The normalized spacial score (nSPS) is 11.8. The van der Waals surface area contributed by atoms with E-state index in [2.05, 4.69) is 4.98 Å². The summed E-state index contributed by atoms with van der Waals surface area (Å²) in [7, 11) is -3.66. The molecule has 4 nitrogen and oxygen atoms in total. The largest absolute Gasteiger partial charge is 0.269 e. The first-order valence-electron chi connectivity index (χ1n) is 6.98. The molecule has 0 N–H and O–H groups in total. The van der Waals surface area contributed by atoms with E-state index < -0.39 is 10.0 Å². The van der Waals surface area contributed by atoms with Gasteiger partial charge >= 0.3 is 0 Å². The molecule has 4 rings (SSSR count). The zero-order valence-electron chi connectivity index (χ0n) is 12.0. The number of imidazole rings is 1. The van der Waals surface area contributed by atoms with Crippen molar-refractivity contribution in [3.05, 3.63) is 72.4 Å². The summed E-state index contributed by atoms with van der Waals surface area (Å²) < 4.78 is 28.1. The smallest absolute Gasteiger partial charge is 0.236 e. The third kappa shape index (κ3) is 2.27. The Balaban J connectivity index is 1.93. The molecule has 0 aliphatic rings. The van der Waals surface area contributed by atoms with Gasteiger partial charge in [0, 0.05) is 33.4 Å². The number of rotatable bonds is 3. The molecule has 0 bridgehead atoms. The summed E-state index contributed by atoms with van der Waals surface area (Å²) in [6.45, 7) is 0. The molecule has 0 radical (unpaired) electrons. The standard InChI is InChI=1S/C17H12N2O2S2/c20-23(21,13-6-2-1-3-7-13)19-11-10-18-17(19)15-12-22-16-9-5-4-8-14(15)16/h1-12H. The predicted molar refractivity (Wildman–Crippen MR) is 92.1 cm³/mol. The van der Waals surface area contributed by atoms with Crippen LogP contribution in [0.5, 0.6) is 0 Å². The van der Waals surface area contributed by atoms with Crippen LogP contribution in [0.4, 0.5) is 0 Å². The molecule has 0 fully saturated rings. The molecule has 2 heterocycles. The fourth-order valence-electron chi connectivity index (χ4n) is 2.53. The van der Waals surface area contributed by atoms with Crippen LogP contribution < -0.4 is 0 Å². The zero-order chi connectivity index (χ0) is 15.9. The Bertz CT molecular complexity index is 1080. The highest BCUT2D eigenvalue weighted by molar-refractivity contribution is 7.90. The quantitative estimate of drug-likeness (QED) is 0.566. The maximum absolute atomic E-state index is 12.9. The van der Waals surface area contributed by atoms with E-state index in [1.54, 1.807) is 41.7 Å². The average Bonchev–Trinajstić information content (AvgIpc) is 3.22. The van der Waals surface area contributed by atoms with E-state index in [0.717, 1.165) is 15.6 Å². The summed E-state index contributed by atoms with van der Waals surface area (Å²) in [5.74, 6) is 0.436. The maximum Gasteiger partial charge on any atom is 0.269 e. The molecule has 0 atom stereocenters. The van der Waals surface area contributed by atoms with Crippen molar-refractivity contribution in [2.24, 2.45) is 0 Å². The van der Waals surface area contributed by atoms with Crippen molar-refractivity contribution >= 4 is 31.4 Å². The van der Waals surface area contributed by atoms with Gasteiger partial charge in [-0.25, -0.2) is 17.4 Å². The third-order valence-corrected chi connectivity index (χ3v) is 6.27. The van der Waals surface area contributed by atoms with Crippen LogP contribution in [0.25, 0.3) is 21.5 Å². The number of nitrogens with zero attached hydrogens (tertiary/aromatic N) is 2. The van der Waals surface area contributed by atoms with E-state index in [1.165, 1.54) is 16.4 Å². The lowest BCUT2D eigenvalue weighted by atomic mass is 10.2. The van der Waals surface area contributed by atoms with Gasteiger partial charge in [0.05, 0.1) is 4.90 Å². The van der Waals surface area contributed by atoms with Crippen LogP contribution in [0, 0.1) is 0 Å². The SMILES string of the molecule is O=S(=O)(c1ccccc1)n1ccnc1-c1csc2ccccc12. The summed E-state index contributed by atoms with van der Waals surface area (Å²) in [6.07, 6.45) is 3.01. The minimum absolute atomic E-state index is 0.249. The molecular formula is C17H12N2O2S2. The second kappa shape index (κ2) is 5.33. The second-order valence-corrected chi connectivity index (χ2v) is 7.74. The van der Waals surface area contributed by atoms with Crippen molar-refractivity contribution in [2.75, 3.05) is 0 Å². The molecule has 0 aliphatic carbocycles. The summed E-state index contributed by atoms with van der Waals surface area (Å²) in [5, 5.41) is 2.96. The summed E-state index contributed by atoms with van der Waals surface area (Å²) >= 11 is 1.58. The summed E-state index contributed by atoms with van der Waals surface area (Å²) in [6, 6.07) is 16.3. The number of fused-ring (bicyclic) bond motifs is 1. The first-order chi connectivity index (χ1) is 11.2. The van der Waals surface area contributed by atoms with E-state index in [9.17, 15) is 8.42 Å². The van der Waals surface area contributed by atoms with Gasteiger partial charge in [-0.3, -0.25) is 0 Å². The molecule has 0 aliphatic heterocycles.